The first-order valence-corrected chi connectivity index (χ1v) is 6.26. The van der Waals surface area contributed by atoms with Crippen molar-refractivity contribution in [2.45, 2.75) is 77.6 Å². The average Bonchev–Trinajstić information content (AvgIpc) is 2.21. The van der Waals surface area contributed by atoms with Crippen LogP contribution >= 0.6 is 0 Å². The van der Waals surface area contributed by atoms with Crippen LogP contribution in [-0.2, 0) is 24.3 Å². The first-order chi connectivity index (χ1) is 6.91. The Morgan fingerprint density at radius 2 is 1.13 bits per heavy atom. The summed E-state index contributed by atoms with van der Waals surface area (Å²) in [5.74, 6) is 0. The molecule has 1 radical (unpaired) electrons. The summed E-state index contributed by atoms with van der Waals surface area (Å²) < 4.78 is 0. The van der Waals surface area contributed by atoms with Crippen LogP contribution in [0.5, 0.6) is 0 Å². The summed E-state index contributed by atoms with van der Waals surface area (Å²) in [5.41, 5.74) is 0. The second kappa shape index (κ2) is 16.7. The number of hydrogen-bond donors (Lipinski definition) is 0. The molecule has 91 valence electrons. The van der Waals surface area contributed by atoms with Gasteiger partial charge in [-0.1, -0.05) is 71.1 Å². The molecule has 15 heavy (non-hydrogen) atoms. The fraction of sp³-hybridized carbons (Fsp3) is 0.923. The van der Waals surface area contributed by atoms with Crippen molar-refractivity contribution in [3.63, 3.8) is 0 Å². The molecule has 0 rings (SSSR count). The third-order valence-corrected chi connectivity index (χ3v) is 2.63. The van der Waals surface area contributed by atoms with Gasteiger partial charge >= 0.3 is 19.5 Å². The van der Waals surface area contributed by atoms with Gasteiger partial charge in [-0.25, -0.2) is 0 Å². The minimum absolute atomic E-state index is 0. The monoisotopic (exact) mass is 299 g/mol. The number of rotatable bonds is 11. The van der Waals surface area contributed by atoms with Crippen LogP contribution in [0.2, 0.25) is 0 Å². The fourth-order valence-corrected chi connectivity index (χ4v) is 1.68. The van der Waals surface area contributed by atoms with E-state index in [4.69, 9.17) is 0 Å². The largest absolute Gasteiger partial charge is 1.00 e. The molecule has 0 saturated heterocycles. The van der Waals surface area contributed by atoms with E-state index in [1.54, 1.807) is 0 Å². The van der Waals surface area contributed by atoms with Crippen LogP contribution in [0.4, 0.5) is 0 Å². The van der Waals surface area contributed by atoms with Crippen LogP contribution in [0.1, 0.15) is 77.6 Å². The zero-order chi connectivity index (χ0) is 10.5. The summed E-state index contributed by atoms with van der Waals surface area (Å²) in [7, 11) is 0. The topological polar surface area (TPSA) is 17.1 Å². The SMILES string of the molecule is CCCCCCCCCCCC[C-]=O.[Ru+]. The molecule has 0 aliphatic carbocycles. The van der Waals surface area contributed by atoms with E-state index in [2.05, 4.69) is 6.92 Å². The molecule has 0 aliphatic heterocycles. The summed E-state index contributed by atoms with van der Waals surface area (Å²) >= 11 is 0. The van der Waals surface area contributed by atoms with E-state index >= 15 is 0 Å². The number of hydrogen-bond acceptors (Lipinski definition) is 1. The Labute approximate surface area is 108 Å². The molecule has 0 amide bonds. The van der Waals surface area contributed by atoms with E-state index in [1.807, 2.05) is 6.29 Å². The first kappa shape index (κ1) is 17.7. The molecular formula is C13H25ORu. The van der Waals surface area contributed by atoms with E-state index in [-0.39, 0.29) is 19.5 Å². The van der Waals surface area contributed by atoms with Crippen LogP contribution in [0.3, 0.4) is 0 Å². The van der Waals surface area contributed by atoms with Crippen molar-refractivity contribution in [2.75, 3.05) is 0 Å². The molecule has 0 bridgehead atoms. The van der Waals surface area contributed by atoms with Gasteiger partial charge in [0, 0.05) is 0 Å². The molecule has 0 spiro atoms. The average molecular weight is 298 g/mol. The van der Waals surface area contributed by atoms with Gasteiger partial charge in [-0.3, -0.25) is 6.29 Å². The van der Waals surface area contributed by atoms with E-state index < -0.39 is 0 Å². The van der Waals surface area contributed by atoms with E-state index in [0.717, 1.165) is 6.42 Å². The van der Waals surface area contributed by atoms with Crippen LogP contribution in [-0.4, -0.2) is 6.29 Å². The molecule has 0 fully saturated rings. The summed E-state index contributed by atoms with van der Waals surface area (Å²) in [6.45, 7) is 2.25. The van der Waals surface area contributed by atoms with Crippen molar-refractivity contribution >= 4 is 6.29 Å². The fourth-order valence-electron chi connectivity index (χ4n) is 1.68. The van der Waals surface area contributed by atoms with Crippen molar-refractivity contribution in [1.29, 1.82) is 0 Å². The van der Waals surface area contributed by atoms with Crippen LogP contribution < -0.4 is 0 Å². The van der Waals surface area contributed by atoms with Gasteiger partial charge in [0.25, 0.3) is 0 Å². The Bertz CT molecular complexity index is 115. The maximum atomic E-state index is 9.92. The van der Waals surface area contributed by atoms with Crippen molar-refractivity contribution in [3.05, 3.63) is 0 Å². The number of carbonyl (C=O) groups excluding carboxylic acids is 1. The van der Waals surface area contributed by atoms with Crippen molar-refractivity contribution in [3.8, 4) is 0 Å². The molecule has 0 unspecified atom stereocenters. The van der Waals surface area contributed by atoms with Gasteiger partial charge in [0.1, 0.15) is 0 Å². The maximum Gasteiger partial charge on any atom is 1.00 e. The predicted molar refractivity (Wildman–Crippen MR) is 62.2 cm³/mol. The molecule has 2 heteroatoms. The van der Waals surface area contributed by atoms with Crippen molar-refractivity contribution in [2.24, 2.45) is 0 Å². The summed E-state index contributed by atoms with van der Waals surface area (Å²) in [4.78, 5) is 9.92. The Kier molecular flexibility index (Phi) is 19.7. The van der Waals surface area contributed by atoms with Crippen LogP contribution in [0.25, 0.3) is 0 Å². The molecule has 0 heterocycles. The van der Waals surface area contributed by atoms with Gasteiger partial charge < -0.3 is 4.79 Å². The molecular weight excluding hydrogens is 273 g/mol. The molecule has 0 N–H and O–H groups in total. The Balaban J connectivity index is 0. The van der Waals surface area contributed by atoms with Gasteiger partial charge in [-0.2, -0.15) is 6.42 Å². The Morgan fingerprint density at radius 1 is 0.733 bits per heavy atom. The van der Waals surface area contributed by atoms with Crippen LogP contribution in [0, 0.1) is 0 Å². The summed E-state index contributed by atoms with van der Waals surface area (Å²) in [6.07, 6.45) is 15.8. The van der Waals surface area contributed by atoms with Gasteiger partial charge in [-0.15, -0.1) is 0 Å². The smallest absolute Gasteiger partial charge is 0.542 e. The predicted octanol–water partition coefficient (Wildman–Crippen LogP) is 4.40. The standard InChI is InChI=1S/C13H25O.Ru/c1-2-3-4-5-6-7-8-9-10-11-12-13-14;/h2-12H2,1H3;/q-1;+1. The molecule has 1 nitrogen and oxygen atoms in total. The van der Waals surface area contributed by atoms with Gasteiger partial charge in [0.15, 0.2) is 0 Å². The Hall–Kier alpha value is 0.293. The zero-order valence-electron chi connectivity index (χ0n) is 10.0. The molecule has 0 aliphatic rings. The van der Waals surface area contributed by atoms with Gasteiger partial charge in [-0.05, 0) is 0 Å². The van der Waals surface area contributed by atoms with E-state index in [9.17, 15) is 4.79 Å². The molecule has 0 aromatic carbocycles. The van der Waals surface area contributed by atoms with E-state index in [1.165, 1.54) is 57.8 Å². The second-order valence-electron chi connectivity index (χ2n) is 4.08. The first-order valence-electron chi connectivity index (χ1n) is 6.26. The van der Waals surface area contributed by atoms with Crippen molar-refractivity contribution in [1.82, 2.24) is 0 Å². The zero-order valence-corrected chi connectivity index (χ0v) is 11.8. The quantitative estimate of drug-likeness (QED) is 0.314. The molecule has 0 saturated carbocycles. The van der Waals surface area contributed by atoms with E-state index in [0.29, 0.717) is 6.42 Å². The normalized spacial score (nSPS) is 9.67. The number of unbranched alkanes of at least 4 members (excludes halogenated alkanes) is 10. The Morgan fingerprint density at radius 3 is 1.53 bits per heavy atom. The minimum atomic E-state index is 0. The van der Waals surface area contributed by atoms with Crippen LogP contribution in [0.15, 0.2) is 0 Å². The maximum absolute atomic E-state index is 9.92. The second-order valence-corrected chi connectivity index (χ2v) is 4.08. The van der Waals surface area contributed by atoms with Crippen molar-refractivity contribution < 1.29 is 24.3 Å². The van der Waals surface area contributed by atoms with Gasteiger partial charge in [0.2, 0.25) is 0 Å². The molecule has 0 aromatic heterocycles. The summed E-state index contributed by atoms with van der Waals surface area (Å²) in [5, 5.41) is 0. The molecule has 0 aromatic rings. The summed E-state index contributed by atoms with van der Waals surface area (Å²) in [6, 6.07) is 0. The third kappa shape index (κ3) is 16.9. The minimum Gasteiger partial charge on any atom is -0.542 e. The van der Waals surface area contributed by atoms with Gasteiger partial charge in [0.05, 0.1) is 0 Å². The third-order valence-electron chi connectivity index (χ3n) is 2.63. The molecule has 0 atom stereocenters.